The molecular formula is C9H12N2O3. The molecule has 2 unspecified atom stereocenters. The van der Waals surface area contributed by atoms with Crippen molar-refractivity contribution in [2.75, 3.05) is 19.7 Å². The molecule has 0 N–H and O–H groups in total. The van der Waals surface area contributed by atoms with Crippen LogP contribution in [0.4, 0.5) is 4.79 Å². The molecule has 76 valence electrons. The van der Waals surface area contributed by atoms with Gasteiger partial charge in [-0.3, -0.25) is 0 Å². The highest BCUT2D eigenvalue weighted by Crippen LogP contribution is 2.17. The summed E-state index contributed by atoms with van der Waals surface area (Å²) >= 11 is 0. The fourth-order valence-electron chi connectivity index (χ4n) is 1.76. The third-order valence-corrected chi connectivity index (χ3v) is 2.48. The molecule has 0 radical (unpaired) electrons. The molecule has 2 aliphatic heterocycles. The number of nitriles is 1. The van der Waals surface area contributed by atoms with Crippen LogP contribution in [-0.4, -0.2) is 42.9 Å². The summed E-state index contributed by atoms with van der Waals surface area (Å²) in [7, 11) is 0. The monoisotopic (exact) mass is 196 g/mol. The van der Waals surface area contributed by atoms with Crippen molar-refractivity contribution in [2.45, 2.75) is 25.0 Å². The minimum atomic E-state index is -0.607. The van der Waals surface area contributed by atoms with Gasteiger partial charge in [0, 0.05) is 6.61 Å². The predicted octanol–water partition coefficient (Wildman–Crippen LogP) is 0.510. The van der Waals surface area contributed by atoms with Gasteiger partial charge in [-0.15, -0.1) is 0 Å². The Kier molecular flexibility index (Phi) is 2.55. The summed E-state index contributed by atoms with van der Waals surface area (Å²) in [5, 5.41) is 8.58. The highest BCUT2D eigenvalue weighted by Gasteiger charge is 2.33. The molecule has 2 fully saturated rings. The third-order valence-electron chi connectivity index (χ3n) is 2.48. The van der Waals surface area contributed by atoms with E-state index >= 15 is 0 Å². The largest absolute Gasteiger partial charge is 0.429 e. The standard InChI is InChI=1S/C9H12N2O3/c10-4-8-6-11(9(12)14-8)5-7-2-1-3-13-7/h7-8H,1-3,5-6H2. The number of carbonyl (C=O) groups excluding carboxylic acids is 1. The van der Waals surface area contributed by atoms with Crippen LogP contribution in [0.25, 0.3) is 0 Å². The molecule has 14 heavy (non-hydrogen) atoms. The van der Waals surface area contributed by atoms with E-state index in [4.69, 9.17) is 14.7 Å². The quantitative estimate of drug-likeness (QED) is 0.645. The molecule has 2 aliphatic rings. The van der Waals surface area contributed by atoms with Gasteiger partial charge in [-0.25, -0.2) is 4.79 Å². The maximum absolute atomic E-state index is 11.2. The van der Waals surface area contributed by atoms with Crippen molar-refractivity contribution in [3.63, 3.8) is 0 Å². The van der Waals surface area contributed by atoms with Crippen LogP contribution in [0.15, 0.2) is 0 Å². The van der Waals surface area contributed by atoms with E-state index in [1.807, 2.05) is 6.07 Å². The van der Waals surface area contributed by atoms with E-state index in [1.165, 1.54) is 0 Å². The minimum Gasteiger partial charge on any atom is -0.429 e. The molecule has 0 aromatic rings. The van der Waals surface area contributed by atoms with Gasteiger partial charge < -0.3 is 14.4 Å². The van der Waals surface area contributed by atoms with Crippen molar-refractivity contribution in [1.82, 2.24) is 4.90 Å². The second-order valence-electron chi connectivity index (χ2n) is 3.54. The number of nitrogens with zero attached hydrogens (tertiary/aromatic N) is 2. The van der Waals surface area contributed by atoms with E-state index in [-0.39, 0.29) is 6.10 Å². The third kappa shape index (κ3) is 1.80. The summed E-state index contributed by atoms with van der Waals surface area (Å²) in [6, 6.07) is 1.92. The summed E-state index contributed by atoms with van der Waals surface area (Å²) in [5.74, 6) is 0. The Morgan fingerprint density at radius 3 is 3.07 bits per heavy atom. The first-order chi connectivity index (χ1) is 6.79. The number of cyclic esters (lactones) is 1. The van der Waals surface area contributed by atoms with Crippen molar-refractivity contribution in [3.8, 4) is 6.07 Å². The Balaban J connectivity index is 1.86. The maximum atomic E-state index is 11.2. The summed E-state index contributed by atoms with van der Waals surface area (Å²) in [6.45, 7) is 1.70. The van der Waals surface area contributed by atoms with Crippen LogP contribution in [0.2, 0.25) is 0 Å². The Morgan fingerprint density at radius 2 is 2.50 bits per heavy atom. The fourth-order valence-corrected chi connectivity index (χ4v) is 1.76. The molecule has 5 nitrogen and oxygen atoms in total. The van der Waals surface area contributed by atoms with Gasteiger partial charge in [-0.2, -0.15) is 5.26 Å². The van der Waals surface area contributed by atoms with Gasteiger partial charge >= 0.3 is 6.09 Å². The van der Waals surface area contributed by atoms with Crippen LogP contribution in [0, 0.1) is 11.3 Å². The van der Waals surface area contributed by atoms with E-state index in [0.717, 1.165) is 19.4 Å². The van der Waals surface area contributed by atoms with E-state index in [2.05, 4.69) is 0 Å². The second kappa shape index (κ2) is 3.84. The molecule has 2 saturated heterocycles. The van der Waals surface area contributed by atoms with Gasteiger partial charge in [0.15, 0.2) is 0 Å². The van der Waals surface area contributed by atoms with Crippen LogP contribution < -0.4 is 0 Å². The van der Waals surface area contributed by atoms with E-state index in [0.29, 0.717) is 13.1 Å². The van der Waals surface area contributed by atoms with Gasteiger partial charge in [-0.05, 0) is 12.8 Å². The van der Waals surface area contributed by atoms with E-state index in [1.54, 1.807) is 4.90 Å². The van der Waals surface area contributed by atoms with E-state index < -0.39 is 12.2 Å². The molecule has 0 spiro atoms. The second-order valence-corrected chi connectivity index (χ2v) is 3.54. The number of carbonyl (C=O) groups is 1. The van der Waals surface area contributed by atoms with Crippen LogP contribution >= 0.6 is 0 Å². The average Bonchev–Trinajstić information content (AvgIpc) is 2.78. The molecule has 2 atom stereocenters. The molecule has 0 aliphatic carbocycles. The van der Waals surface area contributed by atoms with Crippen molar-refractivity contribution < 1.29 is 14.3 Å². The number of ether oxygens (including phenoxy) is 2. The lowest BCUT2D eigenvalue weighted by Crippen LogP contribution is -2.33. The SMILES string of the molecule is N#CC1CN(CC2CCCO2)C(=O)O1. The molecule has 2 heterocycles. The zero-order chi connectivity index (χ0) is 9.97. The van der Waals surface area contributed by atoms with Crippen LogP contribution in [0.3, 0.4) is 0 Å². The average molecular weight is 196 g/mol. The molecule has 0 aromatic carbocycles. The highest BCUT2D eigenvalue weighted by molar-refractivity contribution is 5.70. The Hall–Kier alpha value is -1.28. The van der Waals surface area contributed by atoms with Crippen LogP contribution in [0.5, 0.6) is 0 Å². The molecule has 0 saturated carbocycles. The van der Waals surface area contributed by atoms with Crippen molar-refractivity contribution in [1.29, 1.82) is 5.26 Å². The first-order valence-electron chi connectivity index (χ1n) is 4.76. The van der Waals surface area contributed by atoms with Crippen molar-refractivity contribution in [2.24, 2.45) is 0 Å². The molecular weight excluding hydrogens is 184 g/mol. The molecule has 5 heteroatoms. The smallest absolute Gasteiger partial charge is 0.411 e. The van der Waals surface area contributed by atoms with Gasteiger partial charge in [0.2, 0.25) is 6.10 Å². The molecule has 0 bridgehead atoms. The van der Waals surface area contributed by atoms with Gasteiger partial charge in [0.05, 0.1) is 19.2 Å². The minimum absolute atomic E-state index is 0.125. The lowest BCUT2D eigenvalue weighted by atomic mass is 10.2. The Morgan fingerprint density at radius 1 is 1.64 bits per heavy atom. The van der Waals surface area contributed by atoms with Gasteiger partial charge in [0.25, 0.3) is 0 Å². The topological polar surface area (TPSA) is 62.6 Å². The Bertz CT molecular complexity index is 268. The number of hydrogen-bond acceptors (Lipinski definition) is 4. The van der Waals surface area contributed by atoms with Crippen molar-refractivity contribution >= 4 is 6.09 Å². The summed E-state index contributed by atoms with van der Waals surface area (Å²) in [4.78, 5) is 12.8. The number of amides is 1. The van der Waals surface area contributed by atoms with E-state index in [9.17, 15) is 4.79 Å². The number of rotatable bonds is 2. The van der Waals surface area contributed by atoms with Crippen LogP contribution in [-0.2, 0) is 9.47 Å². The zero-order valence-corrected chi connectivity index (χ0v) is 7.81. The summed E-state index contributed by atoms with van der Waals surface area (Å²) in [6.07, 6.45) is 1.16. The predicted molar refractivity (Wildman–Crippen MR) is 46.4 cm³/mol. The first kappa shape index (κ1) is 9.28. The zero-order valence-electron chi connectivity index (χ0n) is 7.81. The molecule has 2 rings (SSSR count). The lowest BCUT2D eigenvalue weighted by molar-refractivity contribution is 0.0826. The van der Waals surface area contributed by atoms with Gasteiger partial charge in [-0.1, -0.05) is 0 Å². The molecule has 0 aromatic heterocycles. The van der Waals surface area contributed by atoms with Crippen molar-refractivity contribution in [3.05, 3.63) is 0 Å². The van der Waals surface area contributed by atoms with Gasteiger partial charge in [0.1, 0.15) is 6.07 Å². The highest BCUT2D eigenvalue weighted by atomic mass is 16.6. The summed E-state index contributed by atoms with van der Waals surface area (Å²) < 4.78 is 10.2. The Labute approximate surface area is 82.2 Å². The normalized spacial score (nSPS) is 31.6. The molecule has 1 amide bonds. The van der Waals surface area contributed by atoms with Crippen LogP contribution in [0.1, 0.15) is 12.8 Å². The first-order valence-corrected chi connectivity index (χ1v) is 4.76. The summed E-state index contributed by atoms with van der Waals surface area (Å²) in [5.41, 5.74) is 0. The lowest BCUT2D eigenvalue weighted by Gasteiger charge is -2.16. The fraction of sp³-hybridized carbons (Fsp3) is 0.778. The number of hydrogen-bond donors (Lipinski definition) is 0. The maximum Gasteiger partial charge on any atom is 0.411 e.